The lowest BCUT2D eigenvalue weighted by atomic mass is 9.94. The van der Waals surface area contributed by atoms with Gasteiger partial charge in [-0.15, -0.1) is 0 Å². The molecule has 0 N–H and O–H groups in total. The van der Waals surface area contributed by atoms with Crippen molar-refractivity contribution in [3.8, 4) is 5.75 Å². The molecule has 1 aliphatic heterocycles. The number of carbonyl (C=O) groups excluding carboxylic acids is 1. The van der Waals surface area contributed by atoms with Crippen molar-refractivity contribution in [3.63, 3.8) is 0 Å². The molecule has 0 atom stereocenters. The average Bonchev–Trinajstić information content (AvgIpc) is 2.79. The number of piperidine rings is 1. The first-order valence-corrected chi connectivity index (χ1v) is 12.6. The summed E-state index contributed by atoms with van der Waals surface area (Å²) in [4.78, 5) is 14.9. The molecule has 3 rings (SSSR count). The van der Waals surface area contributed by atoms with Crippen LogP contribution >= 0.6 is 0 Å². The van der Waals surface area contributed by atoms with Gasteiger partial charge in [-0.25, -0.2) is 8.42 Å². The number of likely N-dealkylation sites (N-methyl/N-ethyl adjacent to an activating group) is 1. The molecule has 1 saturated carbocycles. The molecular formula is C23H34N2O4S. The van der Waals surface area contributed by atoms with E-state index in [1.54, 1.807) is 30.4 Å². The third-order valence-electron chi connectivity index (χ3n) is 6.18. The molecule has 0 radical (unpaired) electrons. The predicted molar refractivity (Wildman–Crippen MR) is 119 cm³/mol. The Hall–Kier alpha value is -1.86. The molecule has 6 nitrogen and oxygen atoms in total. The van der Waals surface area contributed by atoms with Crippen LogP contribution in [0.4, 0.5) is 0 Å². The second-order valence-electron chi connectivity index (χ2n) is 8.12. The number of rotatable bonds is 7. The van der Waals surface area contributed by atoms with E-state index in [1.807, 2.05) is 11.8 Å². The second kappa shape index (κ2) is 10.4. The van der Waals surface area contributed by atoms with Crippen LogP contribution in [0.1, 0.15) is 63.9 Å². The van der Waals surface area contributed by atoms with Crippen LogP contribution in [0.3, 0.4) is 0 Å². The molecule has 0 bridgehead atoms. The number of amides is 1. The first-order valence-electron chi connectivity index (χ1n) is 11.1. The standard InChI is InChI=1S/C23H34N2O4S/c1-3-25(20-10-6-4-7-11-20)23(26)15-13-19-12-14-21(29-2)22(18-19)30(27,28)24-16-8-5-9-17-24/h12-15,18,20H,3-11,16-17H2,1-2H3. The summed E-state index contributed by atoms with van der Waals surface area (Å²) in [5, 5.41) is 0. The Bertz CT molecular complexity index is 854. The molecule has 1 aliphatic carbocycles. The molecule has 7 heteroatoms. The van der Waals surface area contributed by atoms with Gasteiger partial charge in [0.2, 0.25) is 15.9 Å². The zero-order valence-electron chi connectivity index (χ0n) is 18.2. The van der Waals surface area contributed by atoms with E-state index in [4.69, 9.17) is 4.74 Å². The Kier molecular flexibility index (Phi) is 7.94. The Labute approximate surface area is 180 Å². The summed E-state index contributed by atoms with van der Waals surface area (Å²) in [5.74, 6) is 0.321. The smallest absolute Gasteiger partial charge is 0.246 e. The molecule has 2 fully saturated rings. The lowest BCUT2D eigenvalue weighted by molar-refractivity contribution is -0.128. The number of hydrogen-bond donors (Lipinski definition) is 0. The van der Waals surface area contributed by atoms with Gasteiger partial charge in [-0.2, -0.15) is 4.31 Å². The van der Waals surface area contributed by atoms with E-state index in [0.717, 1.165) is 32.1 Å². The molecule has 1 aromatic rings. The summed E-state index contributed by atoms with van der Waals surface area (Å²) in [6.07, 6.45) is 11.8. The number of methoxy groups -OCH3 is 1. The first kappa shape index (κ1) is 22.8. The van der Waals surface area contributed by atoms with Crippen LogP contribution in [0.25, 0.3) is 6.08 Å². The maximum absolute atomic E-state index is 13.2. The predicted octanol–water partition coefficient (Wildman–Crippen LogP) is 4.06. The van der Waals surface area contributed by atoms with E-state index in [0.29, 0.717) is 37.0 Å². The summed E-state index contributed by atoms with van der Waals surface area (Å²) in [6, 6.07) is 5.38. The molecule has 0 spiro atoms. The number of hydrogen-bond acceptors (Lipinski definition) is 4. The Morgan fingerprint density at radius 2 is 1.80 bits per heavy atom. The first-order chi connectivity index (χ1) is 14.5. The van der Waals surface area contributed by atoms with Crippen molar-refractivity contribution in [2.75, 3.05) is 26.7 Å². The van der Waals surface area contributed by atoms with Crippen LogP contribution in [-0.2, 0) is 14.8 Å². The zero-order valence-corrected chi connectivity index (χ0v) is 19.0. The van der Waals surface area contributed by atoms with Gasteiger partial charge in [-0.3, -0.25) is 4.79 Å². The summed E-state index contributed by atoms with van der Waals surface area (Å²) in [5.41, 5.74) is 0.680. The lowest BCUT2D eigenvalue weighted by Crippen LogP contribution is -2.40. The highest BCUT2D eigenvalue weighted by Crippen LogP contribution is 2.30. The molecule has 30 heavy (non-hydrogen) atoms. The fraction of sp³-hybridized carbons (Fsp3) is 0.609. The Morgan fingerprint density at radius 1 is 1.13 bits per heavy atom. The van der Waals surface area contributed by atoms with E-state index in [9.17, 15) is 13.2 Å². The number of nitrogens with zero attached hydrogens (tertiary/aromatic N) is 2. The van der Waals surface area contributed by atoms with Gasteiger partial charge in [0.1, 0.15) is 10.6 Å². The highest BCUT2D eigenvalue weighted by atomic mass is 32.2. The van der Waals surface area contributed by atoms with Crippen LogP contribution in [0.15, 0.2) is 29.2 Å². The van der Waals surface area contributed by atoms with E-state index < -0.39 is 10.0 Å². The Morgan fingerprint density at radius 3 is 2.43 bits per heavy atom. The third-order valence-corrected chi connectivity index (χ3v) is 8.10. The van der Waals surface area contributed by atoms with Crippen LogP contribution < -0.4 is 4.74 Å². The van der Waals surface area contributed by atoms with Gasteiger partial charge in [0.15, 0.2) is 0 Å². The maximum Gasteiger partial charge on any atom is 0.246 e. The average molecular weight is 435 g/mol. The Balaban J connectivity index is 1.81. The fourth-order valence-electron chi connectivity index (χ4n) is 4.49. The van der Waals surface area contributed by atoms with Crippen molar-refractivity contribution in [3.05, 3.63) is 29.8 Å². The highest BCUT2D eigenvalue weighted by molar-refractivity contribution is 7.89. The van der Waals surface area contributed by atoms with E-state index in [-0.39, 0.29) is 10.8 Å². The fourth-order valence-corrected chi connectivity index (χ4v) is 6.20. The zero-order chi connectivity index (χ0) is 21.6. The minimum Gasteiger partial charge on any atom is -0.495 e. The summed E-state index contributed by atoms with van der Waals surface area (Å²) < 4.78 is 33.2. The normalized spacial score (nSPS) is 19.1. The maximum atomic E-state index is 13.2. The molecule has 0 unspecified atom stereocenters. The van der Waals surface area contributed by atoms with Gasteiger partial charge in [-0.05, 0) is 56.4 Å². The van der Waals surface area contributed by atoms with Gasteiger partial charge in [0.05, 0.1) is 7.11 Å². The SMILES string of the molecule is CCN(C(=O)C=Cc1ccc(OC)c(S(=O)(=O)N2CCCCC2)c1)C1CCCCC1. The van der Waals surface area contributed by atoms with Crippen molar-refractivity contribution in [1.82, 2.24) is 9.21 Å². The van der Waals surface area contributed by atoms with Crippen LogP contribution in [-0.4, -0.2) is 56.3 Å². The molecule has 1 saturated heterocycles. The van der Waals surface area contributed by atoms with Gasteiger partial charge in [0, 0.05) is 31.8 Å². The quantitative estimate of drug-likeness (QED) is 0.607. The van der Waals surface area contributed by atoms with Crippen molar-refractivity contribution < 1.29 is 17.9 Å². The van der Waals surface area contributed by atoms with Crippen molar-refractivity contribution >= 4 is 22.0 Å². The van der Waals surface area contributed by atoms with E-state index >= 15 is 0 Å². The number of benzene rings is 1. The molecule has 1 amide bonds. The molecule has 1 heterocycles. The van der Waals surface area contributed by atoms with Crippen molar-refractivity contribution in [1.29, 1.82) is 0 Å². The molecular weight excluding hydrogens is 400 g/mol. The van der Waals surface area contributed by atoms with Crippen LogP contribution in [0.2, 0.25) is 0 Å². The van der Waals surface area contributed by atoms with Gasteiger partial charge in [0.25, 0.3) is 0 Å². The third kappa shape index (κ3) is 5.24. The lowest BCUT2D eigenvalue weighted by Gasteiger charge is -2.32. The summed E-state index contributed by atoms with van der Waals surface area (Å²) in [6.45, 7) is 3.77. The molecule has 0 aromatic heterocycles. The number of ether oxygens (including phenoxy) is 1. The van der Waals surface area contributed by atoms with Crippen molar-refractivity contribution in [2.24, 2.45) is 0 Å². The van der Waals surface area contributed by atoms with Crippen molar-refractivity contribution in [2.45, 2.75) is 69.2 Å². The number of carbonyl (C=O) groups is 1. The van der Waals surface area contributed by atoms with Crippen LogP contribution in [0, 0.1) is 0 Å². The largest absolute Gasteiger partial charge is 0.495 e. The highest BCUT2D eigenvalue weighted by Gasteiger charge is 2.29. The molecule has 166 valence electrons. The minimum atomic E-state index is -3.62. The van der Waals surface area contributed by atoms with Gasteiger partial charge in [-0.1, -0.05) is 31.7 Å². The van der Waals surface area contributed by atoms with Gasteiger partial charge < -0.3 is 9.64 Å². The minimum absolute atomic E-state index is 0.0133. The van der Waals surface area contributed by atoms with Crippen LogP contribution in [0.5, 0.6) is 5.75 Å². The van der Waals surface area contributed by atoms with E-state index in [2.05, 4.69) is 0 Å². The number of sulfonamides is 1. The topological polar surface area (TPSA) is 66.9 Å². The second-order valence-corrected chi connectivity index (χ2v) is 10.0. The monoisotopic (exact) mass is 434 g/mol. The summed E-state index contributed by atoms with van der Waals surface area (Å²) >= 11 is 0. The molecule has 2 aliphatic rings. The van der Waals surface area contributed by atoms with E-state index in [1.165, 1.54) is 30.7 Å². The molecule has 1 aromatic carbocycles. The summed E-state index contributed by atoms with van der Waals surface area (Å²) in [7, 11) is -2.15. The van der Waals surface area contributed by atoms with Gasteiger partial charge >= 0.3 is 0 Å².